The predicted molar refractivity (Wildman–Crippen MR) is 133 cm³/mol. The van der Waals surface area contributed by atoms with E-state index in [4.69, 9.17) is 0 Å². The molecule has 6 heteroatoms. The van der Waals surface area contributed by atoms with Crippen LogP contribution in [0.15, 0.2) is 73.1 Å². The Morgan fingerprint density at radius 2 is 1.88 bits per heavy atom. The van der Waals surface area contributed by atoms with Crippen LogP contribution in [0, 0.1) is 0 Å². The van der Waals surface area contributed by atoms with Crippen LogP contribution in [0.4, 0.5) is 11.5 Å². The van der Waals surface area contributed by atoms with Crippen molar-refractivity contribution in [3.63, 3.8) is 0 Å². The minimum absolute atomic E-state index is 0.00823. The zero-order chi connectivity index (χ0) is 22.6. The van der Waals surface area contributed by atoms with Crippen LogP contribution in [0.2, 0.25) is 0 Å². The fourth-order valence-corrected chi connectivity index (χ4v) is 4.52. The summed E-state index contributed by atoms with van der Waals surface area (Å²) in [6.45, 7) is 4.50. The summed E-state index contributed by atoms with van der Waals surface area (Å²) in [5, 5.41) is 7.21. The Morgan fingerprint density at radius 3 is 2.73 bits per heavy atom. The number of anilines is 2. The number of aromatic nitrogens is 2. The highest BCUT2D eigenvalue weighted by atomic mass is 16.1. The van der Waals surface area contributed by atoms with E-state index in [0.29, 0.717) is 6.54 Å². The molecule has 2 N–H and O–H groups in total. The van der Waals surface area contributed by atoms with Crippen LogP contribution in [0.25, 0.3) is 22.0 Å². The van der Waals surface area contributed by atoms with Crippen LogP contribution in [0.1, 0.15) is 18.1 Å². The molecule has 1 aliphatic rings. The van der Waals surface area contributed by atoms with Crippen molar-refractivity contribution in [2.45, 2.75) is 19.9 Å². The van der Waals surface area contributed by atoms with Crippen molar-refractivity contribution in [2.24, 2.45) is 0 Å². The molecule has 0 aliphatic carbocycles. The first-order valence-corrected chi connectivity index (χ1v) is 11.3. The summed E-state index contributed by atoms with van der Waals surface area (Å²) in [7, 11) is 0. The Balaban J connectivity index is 1.40. The van der Waals surface area contributed by atoms with Gasteiger partial charge in [-0.15, -0.1) is 0 Å². The molecule has 0 bridgehead atoms. The zero-order valence-electron chi connectivity index (χ0n) is 18.7. The first-order valence-electron chi connectivity index (χ1n) is 11.3. The summed E-state index contributed by atoms with van der Waals surface area (Å²) >= 11 is 0. The molecule has 0 saturated heterocycles. The van der Waals surface area contributed by atoms with Gasteiger partial charge in [-0.25, -0.2) is 9.97 Å². The van der Waals surface area contributed by atoms with E-state index in [-0.39, 0.29) is 5.91 Å². The molecular formula is C27H27N5O. The van der Waals surface area contributed by atoms with Crippen molar-refractivity contribution in [1.29, 1.82) is 0 Å². The van der Waals surface area contributed by atoms with E-state index in [0.717, 1.165) is 48.3 Å². The summed E-state index contributed by atoms with van der Waals surface area (Å²) in [6, 6.07) is 23.5. The van der Waals surface area contributed by atoms with Gasteiger partial charge in [0.25, 0.3) is 0 Å². The lowest BCUT2D eigenvalue weighted by Gasteiger charge is -2.20. The van der Waals surface area contributed by atoms with Crippen LogP contribution in [0.3, 0.4) is 0 Å². The largest absolute Gasteiger partial charge is 0.355 e. The normalized spacial score (nSPS) is 12.7. The standard InChI is InChI=1S/C27H27N5O/c1-19(33)29-14-13-28-17-20-10-11-24-25(16-20)30-18-31-27(24)32-15-12-23-22(8-5-9-26(23)32)21-6-3-2-4-7-21/h2-11,16,18,28H,12-15,17H2,1H3,(H,29,33). The van der Waals surface area contributed by atoms with Crippen LogP contribution in [-0.4, -0.2) is 35.5 Å². The fraction of sp³-hybridized carbons (Fsp3) is 0.222. The van der Waals surface area contributed by atoms with Crippen molar-refractivity contribution < 1.29 is 4.79 Å². The lowest BCUT2D eigenvalue weighted by atomic mass is 9.98. The van der Waals surface area contributed by atoms with Gasteiger partial charge < -0.3 is 15.5 Å². The maximum absolute atomic E-state index is 11.0. The third kappa shape index (κ3) is 4.43. The molecule has 1 aromatic heterocycles. The van der Waals surface area contributed by atoms with E-state index in [1.54, 1.807) is 6.33 Å². The van der Waals surface area contributed by atoms with Gasteiger partial charge >= 0.3 is 0 Å². The molecular weight excluding hydrogens is 410 g/mol. The Morgan fingerprint density at radius 1 is 1.00 bits per heavy atom. The minimum Gasteiger partial charge on any atom is -0.355 e. The second-order valence-electron chi connectivity index (χ2n) is 8.28. The van der Waals surface area contributed by atoms with E-state index >= 15 is 0 Å². The predicted octanol–water partition coefficient (Wildman–Crippen LogP) is 4.22. The summed E-state index contributed by atoms with van der Waals surface area (Å²) in [4.78, 5) is 22.5. The Bertz CT molecular complexity index is 1290. The molecule has 4 aromatic rings. The number of benzene rings is 3. The van der Waals surface area contributed by atoms with Gasteiger partial charge in [0, 0.05) is 44.2 Å². The quantitative estimate of drug-likeness (QED) is 0.424. The maximum atomic E-state index is 11.0. The molecule has 166 valence electrons. The second kappa shape index (κ2) is 9.38. The smallest absolute Gasteiger partial charge is 0.216 e. The number of carbonyl (C=O) groups excluding carboxylic acids is 1. The Labute approximate surface area is 193 Å². The van der Waals surface area contributed by atoms with Crippen molar-refractivity contribution in [3.05, 3.63) is 84.2 Å². The van der Waals surface area contributed by atoms with Gasteiger partial charge in [0.05, 0.1) is 5.52 Å². The van der Waals surface area contributed by atoms with Crippen LogP contribution < -0.4 is 15.5 Å². The molecule has 33 heavy (non-hydrogen) atoms. The summed E-state index contributed by atoms with van der Waals surface area (Å²) in [5.74, 6) is 0.945. The minimum atomic E-state index is -0.00823. The van der Waals surface area contributed by atoms with Crippen LogP contribution in [-0.2, 0) is 17.8 Å². The number of rotatable bonds is 7. The van der Waals surface area contributed by atoms with E-state index in [1.165, 1.54) is 29.3 Å². The second-order valence-corrected chi connectivity index (χ2v) is 8.28. The van der Waals surface area contributed by atoms with Gasteiger partial charge in [0.15, 0.2) is 0 Å². The summed E-state index contributed by atoms with van der Waals surface area (Å²) < 4.78 is 0. The Hall–Kier alpha value is -3.77. The highest BCUT2D eigenvalue weighted by molar-refractivity contribution is 5.93. The molecule has 0 unspecified atom stereocenters. The van der Waals surface area contributed by atoms with Gasteiger partial charge in [-0.1, -0.05) is 48.5 Å². The Kier molecular flexibility index (Phi) is 6.00. The number of nitrogens with one attached hydrogen (secondary N) is 2. The molecule has 0 atom stereocenters. The van der Waals surface area contributed by atoms with Gasteiger partial charge in [0.1, 0.15) is 12.1 Å². The van der Waals surface area contributed by atoms with Crippen molar-refractivity contribution >= 4 is 28.3 Å². The van der Waals surface area contributed by atoms with Gasteiger partial charge in [0.2, 0.25) is 5.91 Å². The van der Waals surface area contributed by atoms with Gasteiger partial charge in [-0.2, -0.15) is 0 Å². The molecule has 2 heterocycles. The van der Waals surface area contributed by atoms with Gasteiger partial charge in [-0.05, 0) is 46.9 Å². The number of amides is 1. The fourth-order valence-electron chi connectivity index (χ4n) is 4.52. The topological polar surface area (TPSA) is 70.2 Å². The average Bonchev–Trinajstić information content (AvgIpc) is 3.28. The first kappa shape index (κ1) is 21.1. The number of hydrogen-bond donors (Lipinski definition) is 2. The molecule has 0 fully saturated rings. The lowest BCUT2D eigenvalue weighted by molar-refractivity contribution is -0.118. The molecule has 3 aromatic carbocycles. The molecule has 0 radical (unpaired) electrons. The molecule has 0 spiro atoms. The van der Waals surface area contributed by atoms with Crippen molar-refractivity contribution in [2.75, 3.05) is 24.5 Å². The third-order valence-electron chi connectivity index (χ3n) is 6.05. The van der Waals surface area contributed by atoms with E-state index in [9.17, 15) is 4.79 Å². The van der Waals surface area contributed by atoms with Crippen LogP contribution in [0.5, 0.6) is 0 Å². The van der Waals surface area contributed by atoms with Gasteiger partial charge in [-0.3, -0.25) is 4.79 Å². The average molecular weight is 438 g/mol. The molecule has 1 aliphatic heterocycles. The number of hydrogen-bond acceptors (Lipinski definition) is 5. The molecule has 6 nitrogen and oxygen atoms in total. The molecule has 5 rings (SSSR count). The van der Waals surface area contributed by atoms with Crippen molar-refractivity contribution in [3.8, 4) is 11.1 Å². The van der Waals surface area contributed by atoms with E-state index in [2.05, 4.69) is 92.2 Å². The third-order valence-corrected chi connectivity index (χ3v) is 6.05. The monoisotopic (exact) mass is 437 g/mol. The summed E-state index contributed by atoms with van der Waals surface area (Å²) in [5.41, 5.74) is 7.23. The van der Waals surface area contributed by atoms with Crippen molar-refractivity contribution in [1.82, 2.24) is 20.6 Å². The zero-order valence-corrected chi connectivity index (χ0v) is 18.7. The molecule has 0 saturated carbocycles. The number of fused-ring (bicyclic) bond motifs is 2. The lowest BCUT2D eigenvalue weighted by Crippen LogP contribution is -2.29. The maximum Gasteiger partial charge on any atom is 0.216 e. The highest BCUT2D eigenvalue weighted by Crippen LogP contribution is 2.40. The molecule has 1 amide bonds. The summed E-state index contributed by atoms with van der Waals surface area (Å²) in [6.07, 6.45) is 2.65. The SMILES string of the molecule is CC(=O)NCCNCc1ccc2c(N3CCc4c(-c5ccccc5)cccc43)ncnc2c1. The van der Waals surface area contributed by atoms with Crippen LogP contribution >= 0.6 is 0 Å². The van der Waals surface area contributed by atoms with E-state index in [1.807, 2.05) is 0 Å². The number of carbonyl (C=O) groups is 1. The highest BCUT2D eigenvalue weighted by Gasteiger charge is 2.25. The first-order chi connectivity index (χ1) is 16.2. The number of nitrogens with zero attached hydrogens (tertiary/aromatic N) is 3. The van der Waals surface area contributed by atoms with E-state index < -0.39 is 0 Å².